The predicted molar refractivity (Wildman–Crippen MR) is 71.5 cm³/mol. The average Bonchev–Trinajstić information content (AvgIpc) is 2.33. The van der Waals surface area contributed by atoms with Crippen LogP contribution in [0.1, 0.15) is 18.4 Å². The summed E-state index contributed by atoms with van der Waals surface area (Å²) in [7, 11) is -2.35. The Morgan fingerprint density at radius 1 is 1.42 bits per heavy atom. The van der Waals surface area contributed by atoms with Crippen molar-refractivity contribution in [3.63, 3.8) is 0 Å². The fourth-order valence-corrected chi connectivity index (χ4v) is 2.58. The first-order chi connectivity index (χ1) is 8.84. The number of hydrogen-bond donors (Lipinski definition) is 2. The molecule has 0 saturated carbocycles. The molecule has 0 fully saturated rings. The van der Waals surface area contributed by atoms with E-state index in [1.54, 1.807) is 13.0 Å². The van der Waals surface area contributed by atoms with Gasteiger partial charge in [-0.2, -0.15) is 0 Å². The van der Waals surface area contributed by atoms with Gasteiger partial charge < -0.3 is 9.84 Å². The van der Waals surface area contributed by atoms with Gasteiger partial charge in [-0.25, -0.2) is 8.42 Å². The number of nitrogens with one attached hydrogen (secondary N) is 1. The molecule has 0 spiro atoms. The zero-order chi connectivity index (χ0) is 14.5. The van der Waals surface area contributed by atoms with Gasteiger partial charge in [-0.1, -0.05) is 6.07 Å². The zero-order valence-electron chi connectivity index (χ0n) is 10.8. The molecule has 0 aliphatic rings. The highest BCUT2D eigenvalue weighted by Crippen LogP contribution is 2.25. The SMILES string of the molecule is COC(=O)CCCS(=O)(=O)Nc1cc(C)ccc1O. The Morgan fingerprint density at radius 3 is 2.74 bits per heavy atom. The number of aromatic hydroxyl groups is 1. The van der Waals surface area contributed by atoms with Crippen molar-refractivity contribution in [3.05, 3.63) is 23.8 Å². The normalized spacial score (nSPS) is 11.1. The van der Waals surface area contributed by atoms with E-state index in [9.17, 15) is 18.3 Å². The Hall–Kier alpha value is -1.76. The molecule has 0 aliphatic carbocycles. The molecule has 106 valence electrons. The number of hydrogen-bond acceptors (Lipinski definition) is 5. The highest BCUT2D eigenvalue weighted by atomic mass is 32.2. The lowest BCUT2D eigenvalue weighted by Crippen LogP contribution is -2.17. The molecule has 0 saturated heterocycles. The molecule has 0 radical (unpaired) electrons. The van der Waals surface area contributed by atoms with Crippen LogP contribution in [0.25, 0.3) is 0 Å². The van der Waals surface area contributed by atoms with E-state index in [2.05, 4.69) is 9.46 Å². The van der Waals surface area contributed by atoms with Gasteiger partial charge in [0.2, 0.25) is 10.0 Å². The van der Waals surface area contributed by atoms with Crippen LogP contribution in [0.2, 0.25) is 0 Å². The monoisotopic (exact) mass is 287 g/mol. The number of benzene rings is 1. The fourth-order valence-electron chi connectivity index (χ4n) is 1.46. The van der Waals surface area contributed by atoms with E-state index in [1.165, 1.54) is 19.2 Å². The first-order valence-corrected chi connectivity index (χ1v) is 7.36. The molecule has 0 aliphatic heterocycles. The first kappa shape index (κ1) is 15.3. The minimum absolute atomic E-state index is 0.0389. The number of phenols is 1. The molecule has 0 bridgehead atoms. The molecule has 19 heavy (non-hydrogen) atoms. The lowest BCUT2D eigenvalue weighted by atomic mass is 10.2. The fraction of sp³-hybridized carbons (Fsp3) is 0.417. The first-order valence-electron chi connectivity index (χ1n) is 5.71. The van der Waals surface area contributed by atoms with Crippen LogP contribution in [0.3, 0.4) is 0 Å². The number of sulfonamides is 1. The maximum Gasteiger partial charge on any atom is 0.305 e. The second-order valence-electron chi connectivity index (χ2n) is 4.12. The second kappa shape index (κ2) is 6.42. The van der Waals surface area contributed by atoms with E-state index >= 15 is 0 Å². The van der Waals surface area contributed by atoms with Crippen LogP contribution in [-0.2, 0) is 19.6 Å². The van der Waals surface area contributed by atoms with Crippen LogP contribution in [-0.4, -0.2) is 32.4 Å². The molecule has 1 aromatic rings. The summed E-state index contributed by atoms with van der Waals surface area (Å²) in [5, 5.41) is 9.55. The summed E-state index contributed by atoms with van der Waals surface area (Å²) in [6.07, 6.45) is 0.200. The Balaban J connectivity index is 2.64. The molecule has 6 nitrogen and oxygen atoms in total. The van der Waals surface area contributed by atoms with Crippen LogP contribution < -0.4 is 4.72 Å². The predicted octanol–water partition coefficient (Wildman–Crippen LogP) is 1.40. The summed E-state index contributed by atoms with van der Waals surface area (Å²) in [4.78, 5) is 10.9. The average molecular weight is 287 g/mol. The van der Waals surface area contributed by atoms with E-state index in [4.69, 9.17) is 0 Å². The molecule has 0 amide bonds. The van der Waals surface area contributed by atoms with Crippen molar-refractivity contribution < 1.29 is 23.1 Å². The van der Waals surface area contributed by atoms with Gasteiger partial charge in [0.05, 0.1) is 18.6 Å². The number of rotatable bonds is 6. The molecule has 1 aromatic carbocycles. The number of aryl methyl sites for hydroxylation is 1. The van der Waals surface area contributed by atoms with Crippen LogP contribution in [0.15, 0.2) is 18.2 Å². The second-order valence-corrected chi connectivity index (χ2v) is 5.96. The summed E-state index contributed by atoms with van der Waals surface area (Å²) in [6, 6.07) is 4.62. The molecule has 2 N–H and O–H groups in total. The number of anilines is 1. The van der Waals surface area contributed by atoms with Gasteiger partial charge in [0.15, 0.2) is 0 Å². The zero-order valence-corrected chi connectivity index (χ0v) is 11.7. The standard InChI is InChI=1S/C12H17NO5S/c1-9-5-6-11(14)10(8-9)13-19(16,17)7-3-4-12(15)18-2/h5-6,8,13-14H,3-4,7H2,1-2H3. The minimum Gasteiger partial charge on any atom is -0.506 e. The summed E-state index contributed by atoms with van der Waals surface area (Å²) in [5.41, 5.74) is 0.961. The molecule has 0 aromatic heterocycles. The topological polar surface area (TPSA) is 92.7 Å². The van der Waals surface area contributed by atoms with Crippen LogP contribution in [0, 0.1) is 6.92 Å². The van der Waals surface area contributed by atoms with E-state index < -0.39 is 16.0 Å². The number of methoxy groups -OCH3 is 1. The van der Waals surface area contributed by atoms with Crippen LogP contribution in [0.5, 0.6) is 5.75 Å². The van der Waals surface area contributed by atoms with E-state index in [1.807, 2.05) is 0 Å². The third kappa shape index (κ3) is 5.17. The van der Waals surface area contributed by atoms with Gasteiger partial charge in [0.25, 0.3) is 0 Å². The number of esters is 1. The van der Waals surface area contributed by atoms with E-state index in [0.717, 1.165) is 5.56 Å². The van der Waals surface area contributed by atoms with Crippen molar-refractivity contribution in [1.82, 2.24) is 0 Å². The lowest BCUT2D eigenvalue weighted by Gasteiger charge is -2.10. The quantitative estimate of drug-likeness (QED) is 0.609. The Morgan fingerprint density at radius 2 is 2.11 bits per heavy atom. The largest absolute Gasteiger partial charge is 0.506 e. The third-order valence-corrected chi connectivity index (χ3v) is 3.80. The van der Waals surface area contributed by atoms with Gasteiger partial charge in [0.1, 0.15) is 5.75 Å². The smallest absolute Gasteiger partial charge is 0.305 e. The summed E-state index contributed by atoms with van der Waals surface area (Å²) in [6.45, 7) is 1.79. The number of carbonyl (C=O) groups excluding carboxylic acids is 1. The highest BCUT2D eigenvalue weighted by Gasteiger charge is 2.14. The molecule has 0 heterocycles. The van der Waals surface area contributed by atoms with Gasteiger partial charge in [-0.15, -0.1) is 0 Å². The van der Waals surface area contributed by atoms with E-state index in [0.29, 0.717) is 0 Å². The maximum atomic E-state index is 11.8. The van der Waals surface area contributed by atoms with Crippen LogP contribution >= 0.6 is 0 Å². The van der Waals surface area contributed by atoms with E-state index in [-0.39, 0.29) is 30.0 Å². The van der Waals surface area contributed by atoms with Gasteiger partial charge >= 0.3 is 5.97 Å². The van der Waals surface area contributed by atoms with Crippen molar-refractivity contribution in [2.24, 2.45) is 0 Å². The summed E-state index contributed by atoms with van der Waals surface area (Å²) >= 11 is 0. The molecular weight excluding hydrogens is 270 g/mol. The lowest BCUT2D eigenvalue weighted by molar-refractivity contribution is -0.140. The Labute approximate surface area is 112 Å². The van der Waals surface area contributed by atoms with Gasteiger partial charge in [0, 0.05) is 6.42 Å². The molecule has 1 rings (SSSR count). The van der Waals surface area contributed by atoms with Gasteiger partial charge in [-0.3, -0.25) is 9.52 Å². The van der Waals surface area contributed by atoms with Crippen molar-refractivity contribution in [1.29, 1.82) is 0 Å². The number of phenolic OH excluding ortho intramolecular Hbond substituents is 1. The van der Waals surface area contributed by atoms with Crippen molar-refractivity contribution >= 4 is 21.7 Å². The maximum absolute atomic E-state index is 11.8. The minimum atomic E-state index is -3.60. The summed E-state index contributed by atoms with van der Waals surface area (Å²) in [5.74, 6) is -0.800. The number of carbonyl (C=O) groups is 1. The highest BCUT2D eigenvalue weighted by molar-refractivity contribution is 7.92. The van der Waals surface area contributed by atoms with Crippen LogP contribution in [0.4, 0.5) is 5.69 Å². The van der Waals surface area contributed by atoms with Crippen molar-refractivity contribution in [3.8, 4) is 5.75 Å². The number of ether oxygens (including phenoxy) is 1. The molecule has 0 atom stereocenters. The Kier molecular flexibility index (Phi) is 5.17. The molecule has 7 heteroatoms. The molecule has 0 unspecified atom stereocenters. The molecular formula is C12H17NO5S. The third-order valence-electron chi connectivity index (χ3n) is 2.44. The van der Waals surface area contributed by atoms with Gasteiger partial charge in [-0.05, 0) is 31.0 Å². The van der Waals surface area contributed by atoms with Crippen molar-refractivity contribution in [2.45, 2.75) is 19.8 Å². The van der Waals surface area contributed by atoms with Crippen molar-refractivity contribution in [2.75, 3.05) is 17.6 Å². The summed E-state index contributed by atoms with van der Waals surface area (Å²) < 4.78 is 30.2. The Bertz CT molecular complexity index is 553.